The first kappa shape index (κ1) is 14.9. The van der Waals surface area contributed by atoms with E-state index < -0.39 is 0 Å². The lowest BCUT2D eigenvalue weighted by Gasteiger charge is -2.10. The molecule has 0 aliphatic carbocycles. The van der Waals surface area contributed by atoms with Crippen LogP contribution in [0.15, 0.2) is 5.38 Å². The van der Waals surface area contributed by atoms with Gasteiger partial charge in [-0.3, -0.25) is 0 Å². The Hall–Kier alpha value is -0.160. The Kier molecular flexibility index (Phi) is 7.77. The lowest BCUT2D eigenvalue weighted by Crippen LogP contribution is -2.08. The summed E-state index contributed by atoms with van der Waals surface area (Å²) >= 11 is 7.30. The molecular weight excluding hydrogens is 258 g/mol. The molecular formula is C12H20ClNO2S. The Labute approximate surface area is 112 Å². The van der Waals surface area contributed by atoms with E-state index in [0.29, 0.717) is 19.1 Å². The maximum atomic E-state index is 5.70. The first-order valence-corrected chi connectivity index (χ1v) is 7.39. The number of hydrogen-bond acceptors (Lipinski definition) is 4. The van der Waals surface area contributed by atoms with Crippen molar-refractivity contribution in [1.29, 1.82) is 0 Å². The van der Waals surface area contributed by atoms with E-state index in [2.05, 4.69) is 11.9 Å². The highest BCUT2D eigenvalue weighted by Gasteiger charge is 2.10. The van der Waals surface area contributed by atoms with Crippen LogP contribution in [-0.4, -0.2) is 24.8 Å². The molecule has 0 N–H and O–H groups in total. The fourth-order valence-electron chi connectivity index (χ4n) is 1.27. The van der Waals surface area contributed by atoms with Gasteiger partial charge in [0.2, 0.25) is 0 Å². The van der Waals surface area contributed by atoms with Gasteiger partial charge in [0.15, 0.2) is 0 Å². The number of aromatic nitrogens is 1. The number of thiazole rings is 1. The van der Waals surface area contributed by atoms with E-state index in [4.69, 9.17) is 21.1 Å². The molecule has 0 saturated carbocycles. The van der Waals surface area contributed by atoms with Gasteiger partial charge < -0.3 is 9.47 Å². The van der Waals surface area contributed by atoms with E-state index >= 15 is 0 Å². The van der Waals surface area contributed by atoms with E-state index in [1.807, 2.05) is 12.3 Å². The third-order valence-electron chi connectivity index (χ3n) is 2.29. The highest BCUT2D eigenvalue weighted by molar-refractivity contribution is 7.09. The molecule has 0 aliphatic heterocycles. The summed E-state index contributed by atoms with van der Waals surface area (Å²) in [4.78, 5) is 4.38. The van der Waals surface area contributed by atoms with Gasteiger partial charge >= 0.3 is 0 Å². The van der Waals surface area contributed by atoms with Crippen molar-refractivity contribution in [3.63, 3.8) is 0 Å². The Morgan fingerprint density at radius 1 is 1.41 bits per heavy atom. The van der Waals surface area contributed by atoms with Gasteiger partial charge in [0.1, 0.15) is 11.1 Å². The monoisotopic (exact) mass is 277 g/mol. The van der Waals surface area contributed by atoms with Crippen molar-refractivity contribution >= 4 is 22.9 Å². The van der Waals surface area contributed by atoms with Crippen molar-refractivity contribution in [3.8, 4) is 0 Å². The molecule has 1 unspecified atom stereocenters. The molecule has 1 heterocycles. The third kappa shape index (κ3) is 5.82. The summed E-state index contributed by atoms with van der Waals surface area (Å²) in [5.41, 5.74) is 0.918. The van der Waals surface area contributed by atoms with Gasteiger partial charge in [0.05, 0.1) is 24.8 Å². The number of alkyl halides is 1. The molecule has 98 valence electrons. The second-order valence-corrected chi connectivity index (χ2v) is 4.95. The lowest BCUT2D eigenvalue weighted by molar-refractivity contribution is 0.0108. The summed E-state index contributed by atoms with van der Waals surface area (Å²) < 4.78 is 11.1. The van der Waals surface area contributed by atoms with Crippen LogP contribution < -0.4 is 0 Å². The fourth-order valence-corrected chi connectivity index (χ4v) is 2.33. The number of unbranched alkanes of at least 4 members (excludes halogenated alkanes) is 1. The normalized spacial score (nSPS) is 12.9. The molecule has 0 bridgehead atoms. The summed E-state index contributed by atoms with van der Waals surface area (Å²) in [6, 6.07) is 0. The maximum absolute atomic E-state index is 5.70. The Bertz CT molecular complexity index is 306. The Morgan fingerprint density at radius 2 is 2.24 bits per heavy atom. The largest absolute Gasteiger partial charge is 0.379 e. The molecule has 0 aliphatic rings. The van der Waals surface area contributed by atoms with Gasteiger partial charge in [0.25, 0.3) is 0 Å². The van der Waals surface area contributed by atoms with Crippen LogP contribution in [0.4, 0.5) is 0 Å². The summed E-state index contributed by atoms with van der Waals surface area (Å²) in [7, 11) is 0. The van der Waals surface area contributed by atoms with Crippen LogP contribution in [0, 0.1) is 0 Å². The highest BCUT2D eigenvalue weighted by atomic mass is 35.5. The topological polar surface area (TPSA) is 31.4 Å². The summed E-state index contributed by atoms with van der Waals surface area (Å²) in [6.07, 6.45) is 2.30. The van der Waals surface area contributed by atoms with Crippen LogP contribution in [0.2, 0.25) is 0 Å². The van der Waals surface area contributed by atoms with Gasteiger partial charge in [-0.2, -0.15) is 0 Å². The highest BCUT2D eigenvalue weighted by Crippen LogP contribution is 2.21. The molecule has 0 spiro atoms. The number of ether oxygens (including phenoxy) is 2. The number of rotatable bonds is 9. The minimum atomic E-state index is 0.0201. The minimum absolute atomic E-state index is 0.0201. The lowest BCUT2D eigenvalue weighted by atomic mass is 10.4. The second-order valence-electron chi connectivity index (χ2n) is 3.79. The first-order valence-electron chi connectivity index (χ1n) is 5.97. The van der Waals surface area contributed by atoms with E-state index in [9.17, 15) is 0 Å². The standard InChI is InChI=1S/C12H20ClNO2S/c1-3-4-5-15-6-7-16-10(2)12-14-11(8-13)9-17-12/h9-10H,3-8H2,1-2H3. The van der Waals surface area contributed by atoms with Gasteiger partial charge in [-0.1, -0.05) is 13.3 Å². The molecule has 1 aromatic heterocycles. The zero-order valence-electron chi connectivity index (χ0n) is 10.4. The number of nitrogens with zero attached hydrogens (tertiary/aromatic N) is 1. The van der Waals surface area contributed by atoms with Gasteiger partial charge in [0, 0.05) is 12.0 Å². The molecule has 1 rings (SSSR count). The van der Waals surface area contributed by atoms with E-state index in [-0.39, 0.29) is 6.10 Å². The van der Waals surface area contributed by atoms with Crippen molar-refractivity contribution in [3.05, 3.63) is 16.1 Å². The van der Waals surface area contributed by atoms with Crippen molar-refractivity contribution in [2.45, 2.75) is 38.7 Å². The summed E-state index contributed by atoms with van der Waals surface area (Å²) in [5, 5.41) is 2.95. The fraction of sp³-hybridized carbons (Fsp3) is 0.750. The van der Waals surface area contributed by atoms with Crippen molar-refractivity contribution in [2.24, 2.45) is 0 Å². The minimum Gasteiger partial charge on any atom is -0.379 e. The first-order chi connectivity index (χ1) is 8.27. The average molecular weight is 278 g/mol. The van der Waals surface area contributed by atoms with Crippen molar-refractivity contribution < 1.29 is 9.47 Å². The van der Waals surface area contributed by atoms with Crippen molar-refractivity contribution in [1.82, 2.24) is 4.98 Å². The molecule has 1 atom stereocenters. The van der Waals surface area contributed by atoms with Crippen LogP contribution in [0.5, 0.6) is 0 Å². The zero-order valence-corrected chi connectivity index (χ0v) is 12.0. The van der Waals surface area contributed by atoms with Gasteiger partial charge in [-0.15, -0.1) is 22.9 Å². The van der Waals surface area contributed by atoms with Crippen LogP contribution in [0.3, 0.4) is 0 Å². The Balaban J connectivity index is 2.14. The predicted octanol–water partition coefficient (Wildman–Crippen LogP) is 3.78. The molecule has 17 heavy (non-hydrogen) atoms. The molecule has 0 radical (unpaired) electrons. The van der Waals surface area contributed by atoms with Gasteiger partial charge in [-0.25, -0.2) is 4.98 Å². The van der Waals surface area contributed by atoms with Crippen LogP contribution in [0.1, 0.15) is 43.5 Å². The number of hydrogen-bond donors (Lipinski definition) is 0. The van der Waals surface area contributed by atoms with Crippen LogP contribution in [0.25, 0.3) is 0 Å². The molecule has 0 amide bonds. The molecule has 3 nitrogen and oxygen atoms in total. The predicted molar refractivity (Wildman–Crippen MR) is 71.8 cm³/mol. The zero-order chi connectivity index (χ0) is 12.5. The molecule has 0 saturated heterocycles. The van der Waals surface area contributed by atoms with E-state index in [0.717, 1.165) is 30.2 Å². The third-order valence-corrected chi connectivity index (χ3v) is 3.62. The maximum Gasteiger partial charge on any atom is 0.122 e. The quantitative estimate of drug-likeness (QED) is 0.508. The summed E-state index contributed by atoms with van der Waals surface area (Å²) in [5.74, 6) is 0.462. The Morgan fingerprint density at radius 3 is 2.88 bits per heavy atom. The summed E-state index contributed by atoms with van der Waals surface area (Å²) in [6.45, 7) is 6.24. The number of halogens is 1. The average Bonchev–Trinajstić information content (AvgIpc) is 2.82. The molecule has 5 heteroatoms. The van der Waals surface area contributed by atoms with Crippen molar-refractivity contribution in [2.75, 3.05) is 19.8 Å². The second kappa shape index (κ2) is 8.86. The SMILES string of the molecule is CCCCOCCOC(C)c1nc(CCl)cs1. The molecule has 1 aromatic rings. The molecule has 0 fully saturated rings. The van der Waals surface area contributed by atoms with Crippen LogP contribution >= 0.6 is 22.9 Å². The van der Waals surface area contributed by atoms with Crippen LogP contribution in [-0.2, 0) is 15.4 Å². The van der Waals surface area contributed by atoms with E-state index in [1.54, 1.807) is 11.3 Å². The van der Waals surface area contributed by atoms with E-state index in [1.165, 1.54) is 0 Å². The smallest absolute Gasteiger partial charge is 0.122 e. The molecule has 0 aromatic carbocycles. The van der Waals surface area contributed by atoms with Gasteiger partial charge in [-0.05, 0) is 13.3 Å².